The number of thioether (sulfide) groups is 1. The van der Waals surface area contributed by atoms with E-state index >= 15 is 0 Å². The smallest absolute Gasteiger partial charge is 0.0610 e. The normalized spacial score (nSPS) is 21.2. The highest BCUT2D eigenvalue weighted by molar-refractivity contribution is 7.99. The van der Waals surface area contributed by atoms with Crippen LogP contribution in [0.3, 0.4) is 0 Å². The van der Waals surface area contributed by atoms with Crippen molar-refractivity contribution in [3.63, 3.8) is 0 Å². The molecule has 0 aliphatic heterocycles. The Morgan fingerprint density at radius 3 is 2.57 bits per heavy atom. The van der Waals surface area contributed by atoms with E-state index < -0.39 is 0 Å². The topological polar surface area (TPSA) is 32.3 Å². The number of hydrogen-bond acceptors (Lipinski definition) is 3. The first-order valence-electron chi connectivity index (χ1n) is 5.56. The van der Waals surface area contributed by atoms with E-state index in [0.717, 1.165) is 12.2 Å². The fourth-order valence-corrected chi connectivity index (χ4v) is 2.48. The molecule has 0 bridgehead atoms. The van der Waals surface area contributed by atoms with Gasteiger partial charge in [0.2, 0.25) is 0 Å². The maximum absolute atomic E-state index is 9.36. The van der Waals surface area contributed by atoms with Gasteiger partial charge < -0.3 is 10.4 Å². The van der Waals surface area contributed by atoms with Crippen molar-refractivity contribution in [3.05, 3.63) is 0 Å². The highest BCUT2D eigenvalue weighted by Crippen LogP contribution is 2.25. The summed E-state index contributed by atoms with van der Waals surface area (Å²) in [5.74, 6) is 1.13. The van der Waals surface area contributed by atoms with Crippen molar-refractivity contribution >= 4 is 11.8 Å². The minimum atomic E-state index is -0.0525. The van der Waals surface area contributed by atoms with Gasteiger partial charge >= 0.3 is 0 Å². The van der Waals surface area contributed by atoms with E-state index in [1.165, 1.54) is 12.8 Å². The molecule has 0 aromatic heterocycles. The fourth-order valence-electron chi connectivity index (χ4n) is 1.44. The number of nitrogens with one attached hydrogen (secondary N) is 1. The van der Waals surface area contributed by atoms with Gasteiger partial charge in [0.1, 0.15) is 0 Å². The van der Waals surface area contributed by atoms with Crippen molar-refractivity contribution in [2.75, 3.05) is 12.4 Å². The lowest BCUT2D eigenvalue weighted by molar-refractivity contribution is 0.169. The molecule has 0 heterocycles. The maximum Gasteiger partial charge on any atom is 0.0610 e. The van der Waals surface area contributed by atoms with Crippen molar-refractivity contribution in [3.8, 4) is 0 Å². The number of aliphatic hydroxyl groups is 1. The quantitative estimate of drug-likeness (QED) is 0.684. The van der Waals surface area contributed by atoms with E-state index in [1.54, 1.807) is 0 Å². The average Bonchev–Trinajstić information content (AvgIpc) is 2.87. The summed E-state index contributed by atoms with van der Waals surface area (Å²) in [6, 6.07) is 0.677. The van der Waals surface area contributed by atoms with Crippen molar-refractivity contribution in [1.82, 2.24) is 5.32 Å². The van der Waals surface area contributed by atoms with E-state index in [9.17, 15) is 5.11 Å². The second-order valence-corrected chi connectivity index (χ2v) is 6.49. The summed E-state index contributed by atoms with van der Waals surface area (Å²) in [5, 5.41) is 13.6. The Hall–Kier alpha value is 0.270. The zero-order valence-electron chi connectivity index (χ0n) is 9.55. The van der Waals surface area contributed by atoms with Crippen LogP contribution in [0, 0.1) is 0 Å². The zero-order valence-corrected chi connectivity index (χ0v) is 10.4. The molecule has 1 atom stereocenters. The summed E-state index contributed by atoms with van der Waals surface area (Å²) < 4.78 is 0. The first kappa shape index (κ1) is 12.3. The number of aliphatic hydroxyl groups excluding tert-OH is 1. The highest BCUT2D eigenvalue weighted by Gasteiger charge is 2.31. The van der Waals surface area contributed by atoms with Gasteiger partial charge in [0.15, 0.2) is 0 Å². The Morgan fingerprint density at radius 2 is 2.14 bits per heavy atom. The van der Waals surface area contributed by atoms with Gasteiger partial charge in [-0.25, -0.2) is 0 Å². The van der Waals surface area contributed by atoms with Gasteiger partial charge in [0.05, 0.1) is 6.61 Å². The molecule has 1 fully saturated rings. The summed E-state index contributed by atoms with van der Waals surface area (Å²) in [5.41, 5.74) is -0.0525. The van der Waals surface area contributed by atoms with Crippen LogP contribution in [0.5, 0.6) is 0 Å². The van der Waals surface area contributed by atoms with E-state index in [1.807, 2.05) is 11.8 Å². The van der Waals surface area contributed by atoms with E-state index in [2.05, 4.69) is 26.1 Å². The molecule has 1 aliphatic rings. The highest BCUT2D eigenvalue weighted by atomic mass is 32.2. The third-order valence-corrected chi connectivity index (χ3v) is 3.69. The summed E-state index contributed by atoms with van der Waals surface area (Å²) in [6.07, 6.45) is 3.63. The predicted molar refractivity (Wildman–Crippen MR) is 63.9 cm³/mol. The Morgan fingerprint density at radius 1 is 1.50 bits per heavy atom. The standard InChI is InChI=1S/C11H23NOS/c1-9(2)14-7-6-11(3,8-13)12-10-4-5-10/h9-10,12-13H,4-8H2,1-3H3. The summed E-state index contributed by atoms with van der Waals surface area (Å²) in [4.78, 5) is 0. The van der Waals surface area contributed by atoms with Gasteiger partial charge in [-0.05, 0) is 37.2 Å². The van der Waals surface area contributed by atoms with Crippen LogP contribution in [0.25, 0.3) is 0 Å². The van der Waals surface area contributed by atoms with Crippen LogP contribution in [0.1, 0.15) is 40.0 Å². The molecule has 0 aromatic rings. The van der Waals surface area contributed by atoms with Crippen LogP contribution in [0.15, 0.2) is 0 Å². The lowest BCUT2D eigenvalue weighted by atomic mass is 10.0. The Labute approximate surface area is 91.9 Å². The zero-order chi connectivity index (χ0) is 10.6. The third kappa shape index (κ3) is 4.67. The monoisotopic (exact) mass is 217 g/mol. The van der Waals surface area contributed by atoms with E-state index in [4.69, 9.17) is 0 Å². The first-order chi connectivity index (χ1) is 6.56. The maximum atomic E-state index is 9.36. The summed E-state index contributed by atoms with van der Waals surface area (Å²) in [7, 11) is 0. The van der Waals surface area contributed by atoms with Gasteiger partial charge in [0.25, 0.3) is 0 Å². The fraction of sp³-hybridized carbons (Fsp3) is 1.00. The summed E-state index contributed by atoms with van der Waals surface area (Å²) in [6.45, 7) is 6.82. The van der Waals surface area contributed by atoms with Crippen LogP contribution in [0.2, 0.25) is 0 Å². The van der Waals surface area contributed by atoms with Gasteiger partial charge in [-0.3, -0.25) is 0 Å². The Bertz CT molecular complexity index is 171. The average molecular weight is 217 g/mol. The molecule has 14 heavy (non-hydrogen) atoms. The first-order valence-corrected chi connectivity index (χ1v) is 6.61. The van der Waals surface area contributed by atoms with Gasteiger partial charge in [0, 0.05) is 11.6 Å². The molecule has 1 unspecified atom stereocenters. The Balaban J connectivity index is 2.20. The minimum absolute atomic E-state index is 0.0525. The molecular formula is C11H23NOS. The predicted octanol–water partition coefficient (Wildman–Crippen LogP) is 2.02. The molecule has 84 valence electrons. The Kier molecular flexibility index (Phi) is 4.74. The molecule has 0 saturated heterocycles. The number of hydrogen-bond donors (Lipinski definition) is 2. The van der Waals surface area contributed by atoms with Crippen LogP contribution >= 0.6 is 11.8 Å². The molecule has 1 rings (SSSR count). The molecule has 0 aromatic carbocycles. The molecule has 1 saturated carbocycles. The van der Waals surface area contributed by atoms with Crippen molar-refractivity contribution < 1.29 is 5.11 Å². The van der Waals surface area contributed by atoms with Crippen LogP contribution in [0.4, 0.5) is 0 Å². The van der Waals surface area contributed by atoms with E-state index in [0.29, 0.717) is 11.3 Å². The summed E-state index contributed by atoms with van der Waals surface area (Å²) >= 11 is 1.97. The van der Waals surface area contributed by atoms with Crippen molar-refractivity contribution in [1.29, 1.82) is 0 Å². The van der Waals surface area contributed by atoms with Crippen LogP contribution in [-0.4, -0.2) is 34.3 Å². The van der Waals surface area contributed by atoms with Crippen molar-refractivity contribution in [2.45, 2.75) is 56.9 Å². The minimum Gasteiger partial charge on any atom is -0.394 e. The molecule has 2 N–H and O–H groups in total. The molecular weight excluding hydrogens is 194 g/mol. The van der Waals surface area contributed by atoms with Gasteiger partial charge in [-0.1, -0.05) is 13.8 Å². The third-order valence-electron chi connectivity index (χ3n) is 2.58. The lowest BCUT2D eigenvalue weighted by Crippen LogP contribution is -2.47. The second-order valence-electron chi connectivity index (χ2n) is 4.81. The van der Waals surface area contributed by atoms with Crippen molar-refractivity contribution in [2.24, 2.45) is 0 Å². The number of rotatable bonds is 7. The van der Waals surface area contributed by atoms with Crippen LogP contribution < -0.4 is 5.32 Å². The van der Waals surface area contributed by atoms with E-state index in [-0.39, 0.29) is 12.1 Å². The van der Waals surface area contributed by atoms with Crippen LogP contribution in [-0.2, 0) is 0 Å². The van der Waals surface area contributed by atoms with Gasteiger partial charge in [-0.15, -0.1) is 0 Å². The SMILES string of the molecule is CC(C)SCCC(C)(CO)NC1CC1. The van der Waals surface area contributed by atoms with Gasteiger partial charge in [-0.2, -0.15) is 11.8 Å². The molecule has 0 spiro atoms. The largest absolute Gasteiger partial charge is 0.394 e. The molecule has 3 heteroatoms. The second kappa shape index (κ2) is 5.38. The molecule has 0 radical (unpaired) electrons. The molecule has 1 aliphatic carbocycles. The lowest BCUT2D eigenvalue weighted by Gasteiger charge is -2.29. The molecule has 2 nitrogen and oxygen atoms in total. The molecule has 0 amide bonds.